The second kappa shape index (κ2) is 23.9. The molecule has 0 aromatic heterocycles. The quantitative estimate of drug-likeness (QED) is 0.127. The van der Waals surface area contributed by atoms with Crippen LogP contribution in [0.3, 0.4) is 0 Å². The number of aliphatic carboxylic acids is 2. The van der Waals surface area contributed by atoms with Crippen LogP contribution in [0, 0.1) is 0 Å². The first-order chi connectivity index (χ1) is 16.2. The van der Waals surface area contributed by atoms with Crippen molar-refractivity contribution < 1.29 is 39.2 Å². The molecule has 0 aliphatic heterocycles. The third kappa shape index (κ3) is 23.0. The maximum Gasteiger partial charge on any atom is 0.333 e. The van der Waals surface area contributed by atoms with Gasteiger partial charge in [-0.25, -0.2) is 9.59 Å². The van der Waals surface area contributed by atoms with Crippen LogP contribution in [0.5, 0.6) is 0 Å². The van der Waals surface area contributed by atoms with E-state index in [1.165, 1.54) is 44.9 Å². The molecule has 0 spiro atoms. The topological polar surface area (TPSA) is 176 Å². The van der Waals surface area contributed by atoms with Crippen LogP contribution in [-0.4, -0.2) is 64.4 Å². The number of esters is 1. The van der Waals surface area contributed by atoms with Crippen LogP contribution in [-0.2, 0) is 23.9 Å². The third-order valence-electron chi connectivity index (χ3n) is 5.01. The Morgan fingerprint density at radius 3 is 1.85 bits per heavy atom. The maximum atomic E-state index is 12.1. The Balaban J connectivity index is 0. The fraction of sp³-hybridized carbons (Fsp3) is 0.833. The number of ether oxygens (including phenoxy) is 1. The predicted molar refractivity (Wildman–Crippen MR) is 129 cm³/mol. The van der Waals surface area contributed by atoms with Gasteiger partial charge in [0.2, 0.25) is 5.91 Å². The Morgan fingerprint density at radius 1 is 0.853 bits per heavy atom. The number of unbranched alkanes of at least 4 members (excludes halogenated alkanes) is 9. The predicted octanol–water partition coefficient (Wildman–Crippen LogP) is 2.99. The summed E-state index contributed by atoms with van der Waals surface area (Å²) in [6.07, 6.45) is 11.2. The molecule has 10 nitrogen and oxygen atoms in total. The molecule has 1 amide bonds. The number of carbonyl (C=O) groups excluding carboxylic acids is 2. The second-order valence-electron chi connectivity index (χ2n) is 8.19. The molecule has 34 heavy (non-hydrogen) atoms. The number of nitrogens with two attached hydrogens (primary N) is 1. The molecule has 6 N–H and O–H groups in total. The van der Waals surface area contributed by atoms with E-state index in [-0.39, 0.29) is 11.9 Å². The van der Waals surface area contributed by atoms with Gasteiger partial charge in [-0.1, -0.05) is 58.3 Å². The van der Waals surface area contributed by atoms with E-state index in [0.29, 0.717) is 26.0 Å². The van der Waals surface area contributed by atoms with Crippen molar-refractivity contribution in [3.63, 3.8) is 0 Å². The molecule has 0 radical (unpaired) electrons. The molecule has 0 bridgehead atoms. The van der Waals surface area contributed by atoms with Crippen LogP contribution in [0.15, 0.2) is 0 Å². The van der Waals surface area contributed by atoms with E-state index in [2.05, 4.69) is 12.2 Å². The van der Waals surface area contributed by atoms with E-state index in [9.17, 15) is 19.2 Å². The van der Waals surface area contributed by atoms with Crippen molar-refractivity contribution in [3.05, 3.63) is 0 Å². The highest BCUT2D eigenvalue weighted by Gasteiger charge is 2.21. The lowest BCUT2D eigenvalue weighted by Crippen LogP contribution is -2.41. The van der Waals surface area contributed by atoms with Crippen molar-refractivity contribution in [1.82, 2.24) is 5.32 Å². The SMILES string of the molecule is CCCCCCCCCCCC(=O)N[C@@H](CCCCN)C(=O)OCC.O=C(O)CC(O)C(=O)O. The number of amides is 1. The van der Waals surface area contributed by atoms with E-state index < -0.39 is 30.5 Å². The van der Waals surface area contributed by atoms with E-state index in [1.807, 2.05) is 0 Å². The van der Waals surface area contributed by atoms with Gasteiger partial charge in [-0.05, 0) is 39.2 Å². The van der Waals surface area contributed by atoms with E-state index in [1.54, 1.807) is 6.92 Å². The summed E-state index contributed by atoms with van der Waals surface area (Å²) >= 11 is 0. The second-order valence-corrected chi connectivity index (χ2v) is 8.19. The van der Waals surface area contributed by atoms with Crippen LogP contribution in [0.1, 0.15) is 104 Å². The van der Waals surface area contributed by atoms with E-state index in [4.69, 9.17) is 25.8 Å². The number of hydrogen-bond donors (Lipinski definition) is 5. The summed E-state index contributed by atoms with van der Waals surface area (Å²) in [6.45, 7) is 4.94. The molecule has 1 unspecified atom stereocenters. The lowest BCUT2D eigenvalue weighted by atomic mass is 10.1. The van der Waals surface area contributed by atoms with Gasteiger partial charge in [-0.2, -0.15) is 0 Å². The summed E-state index contributed by atoms with van der Waals surface area (Å²) in [4.78, 5) is 43.4. The summed E-state index contributed by atoms with van der Waals surface area (Å²) in [5.74, 6) is -3.23. The minimum atomic E-state index is -1.79. The highest BCUT2D eigenvalue weighted by molar-refractivity contribution is 5.84. The lowest BCUT2D eigenvalue weighted by Gasteiger charge is -2.17. The van der Waals surface area contributed by atoms with Gasteiger partial charge in [-0.3, -0.25) is 9.59 Å². The number of rotatable bonds is 20. The van der Waals surface area contributed by atoms with Crippen LogP contribution < -0.4 is 11.1 Å². The first kappa shape index (κ1) is 34.0. The van der Waals surface area contributed by atoms with Gasteiger partial charge in [0.25, 0.3) is 0 Å². The van der Waals surface area contributed by atoms with Crippen LogP contribution >= 0.6 is 0 Å². The first-order valence-corrected chi connectivity index (χ1v) is 12.5. The summed E-state index contributed by atoms with van der Waals surface area (Å²) in [5.41, 5.74) is 5.49. The Morgan fingerprint density at radius 2 is 1.41 bits per heavy atom. The van der Waals surface area contributed by atoms with E-state index >= 15 is 0 Å². The minimum Gasteiger partial charge on any atom is -0.481 e. The van der Waals surface area contributed by atoms with Gasteiger partial charge in [0, 0.05) is 6.42 Å². The molecule has 0 aliphatic rings. The van der Waals surface area contributed by atoms with Crippen molar-refractivity contribution in [2.75, 3.05) is 13.2 Å². The summed E-state index contributed by atoms with van der Waals surface area (Å²) in [7, 11) is 0. The largest absolute Gasteiger partial charge is 0.481 e. The zero-order valence-electron chi connectivity index (χ0n) is 20.9. The highest BCUT2D eigenvalue weighted by Crippen LogP contribution is 2.11. The number of nitrogens with one attached hydrogen (secondary N) is 1. The fourth-order valence-corrected chi connectivity index (χ4v) is 3.10. The van der Waals surface area contributed by atoms with Crippen molar-refractivity contribution in [3.8, 4) is 0 Å². The molecule has 0 saturated heterocycles. The number of carboxylic acid groups (broad SMARTS) is 2. The van der Waals surface area contributed by atoms with Crippen molar-refractivity contribution in [1.29, 1.82) is 0 Å². The van der Waals surface area contributed by atoms with Gasteiger partial charge in [0.05, 0.1) is 13.0 Å². The molecule has 10 heteroatoms. The average Bonchev–Trinajstić information content (AvgIpc) is 2.77. The molecular formula is C24H46N2O8. The van der Waals surface area contributed by atoms with Gasteiger partial charge in [0.1, 0.15) is 6.04 Å². The number of hydrogen-bond acceptors (Lipinski definition) is 7. The molecule has 0 aromatic rings. The molecule has 0 saturated carbocycles. The lowest BCUT2D eigenvalue weighted by molar-refractivity contribution is -0.152. The number of carbonyl (C=O) groups is 4. The van der Waals surface area contributed by atoms with Gasteiger partial charge in [-0.15, -0.1) is 0 Å². The van der Waals surface area contributed by atoms with Crippen LogP contribution in [0.4, 0.5) is 0 Å². The zero-order valence-corrected chi connectivity index (χ0v) is 20.9. The maximum absolute atomic E-state index is 12.1. The fourth-order valence-electron chi connectivity index (χ4n) is 3.10. The van der Waals surface area contributed by atoms with Gasteiger partial charge in [0.15, 0.2) is 6.10 Å². The van der Waals surface area contributed by atoms with Crippen molar-refractivity contribution in [2.24, 2.45) is 5.73 Å². The summed E-state index contributed by atoms with van der Waals surface area (Å²) in [6, 6.07) is -0.530. The van der Waals surface area contributed by atoms with Crippen molar-refractivity contribution in [2.45, 2.75) is 116 Å². The number of aliphatic hydroxyl groups excluding tert-OH is 1. The Labute approximate surface area is 203 Å². The molecular weight excluding hydrogens is 444 g/mol. The number of carboxylic acids is 2. The van der Waals surface area contributed by atoms with Crippen LogP contribution in [0.25, 0.3) is 0 Å². The first-order valence-electron chi connectivity index (χ1n) is 12.5. The number of aliphatic hydroxyl groups is 1. The monoisotopic (exact) mass is 490 g/mol. The standard InChI is InChI=1S/C20H40N2O3.C4H6O5/c1-3-5-6-7-8-9-10-11-12-16-19(23)22-18(15-13-14-17-21)20(24)25-4-2;5-2(4(8)9)1-3(6)7/h18H,3-17,21H2,1-2H3,(H,22,23);2,5H,1H2,(H,6,7)(H,8,9)/t18-;/m0./s1. The average molecular weight is 491 g/mol. The van der Waals surface area contributed by atoms with E-state index in [0.717, 1.165) is 25.7 Å². The normalized spacial score (nSPS) is 12.1. The zero-order chi connectivity index (χ0) is 26.2. The molecule has 0 heterocycles. The Kier molecular flexibility index (Phi) is 23.9. The Hall–Kier alpha value is -2.20. The molecule has 0 aromatic carbocycles. The molecule has 2 atom stereocenters. The minimum absolute atomic E-state index is 0.0475. The Bertz CT molecular complexity index is 557. The summed E-state index contributed by atoms with van der Waals surface area (Å²) < 4.78 is 5.05. The smallest absolute Gasteiger partial charge is 0.333 e. The van der Waals surface area contributed by atoms with Gasteiger partial charge < -0.3 is 31.1 Å². The third-order valence-corrected chi connectivity index (χ3v) is 5.01. The van der Waals surface area contributed by atoms with Crippen molar-refractivity contribution >= 4 is 23.8 Å². The highest BCUT2D eigenvalue weighted by atomic mass is 16.5. The molecule has 200 valence electrons. The molecule has 0 aliphatic carbocycles. The summed E-state index contributed by atoms with van der Waals surface area (Å²) in [5, 5.41) is 27.0. The molecule has 0 rings (SSSR count). The van der Waals surface area contributed by atoms with Gasteiger partial charge >= 0.3 is 17.9 Å². The molecule has 0 fully saturated rings. The van der Waals surface area contributed by atoms with Crippen LogP contribution in [0.2, 0.25) is 0 Å².